The predicted octanol–water partition coefficient (Wildman–Crippen LogP) is 2.86. The van der Waals surface area contributed by atoms with Crippen LogP contribution in [0, 0.1) is 6.85 Å². The first-order valence-corrected chi connectivity index (χ1v) is 7.36. The largest absolute Gasteiger partial charge is 0.505 e. The van der Waals surface area contributed by atoms with E-state index in [0.717, 1.165) is 0 Å². The van der Waals surface area contributed by atoms with Crippen LogP contribution in [0.5, 0.6) is 17.2 Å². The molecule has 1 amide bonds. The second-order valence-electron chi connectivity index (χ2n) is 5.16. The standard InChI is InChI=1S/C19H16N2O5/c1-11-15-9-13(26-12-5-3-2-4-6-12)7-8-14(15)18(24)17(21-11)19(25)20-10-16(22)23/h2-9,24H,10H2,1H3,(H,20,25)(H,22,23)/i1D3,10D2. The van der Waals surface area contributed by atoms with Crippen molar-refractivity contribution in [3.63, 3.8) is 0 Å². The number of benzene rings is 2. The summed E-state index contributed by atoms with van der Waals surface area (Å²) in [4.78, 5) is 27.0. The zero-order valence-corrected chi connectivity index (χ0v) is 13.2. The number of para-hydroxylation sites is 1. The minimum Gasteiger partial charge on any atom is -0.505 e. The number of nitrogens with zero attached hydrogens (tertiary/aromatic N) is 1. The van der Waals surface area contributed by atoms with Crippen LogP contribution in [0.15, 0.2) is 48.5 Å². The molecule has 2 aromatic carbocycles. The van der Waals surface area contributed by atoms with Crippen molar-refractivity contribution in [2.75, 3.05) is 6.50 Å². The molecule has 0 aliphatic rings. The number of carboxylic acid groups (broad SMARTS) is 1. The number of carbonyl (C=O) groups is 2. The van der Waals surface area contributed by atoms with Crippen LogP contribution in [-0.2, 0) is 4.79 Å². The highest BCUT2D eigenvalue weighted by atomic mass is 16.5. The summed E-state index contributed by atoms with van der Waals surface area (Å²) in [5.41, 5.74) is -1.36. The molecule has 0 unspecified atom stereocenters. The van der Waals surface area contributed by atoms with E-state index < -0.39 is 42.4 Å². The Hall–Kier alpha value is -3.61. The van der Waals surface area contributed by atoms with Crippen LogP contribution in [0.25, 0.3) is 10.8 Å². The maximum Gasteiger partial charge on any atom is 0.322 e. The zero-order chi connectivity index (χ0) is 23.0. The lowest BCUT2D eigenvalue weighted by molar-refractivity contribution is -0.135. The van der Waals surface area contributed by atoms with E-state index in [1.165, 1.54) is 18.2 Å². The first kappa shape index (κ1) is 11.9. The van der Waals surface area contributed by atoms with Gasteiger partial charge in [0.15, 0.2) is 11.4 Å². The van der Waals surface area contributed by atoms with Crippen molar-refractivity contribution in [2.24, 2.45) is 0 Å². The van der Waals surface area contributed by atoms with Gasteiger partial charge in [-0.15, -0.1) is 0 Å². The SMILES string of the molecule is [2H]C([2H])(NC(=O)c1nc(C([2H])([2H])[2H])c2cc(Oc3ccccc3)ccc2c1O)C(=O)O. The molecule has 0 spiro atoms. The monoisotopic (exact) mass is 357 g/mol. The van der Waals surface area contributed by atoms with Gasteiger partial charge in [-0.05, 0) is 37.2 Å². The summed E-state index contributed by atoms with van der Waals surface area (Å²) in [6.07, 6.45) is 0. The number of hydrogen-bond donors (Lipinski definition) is 3. The molecule has 7 nitrogen and oxygen atoms in total. The van der Waals surface area contributed by atoms with E-state index in [0.29, 0.717) is 5.75 Å². The number of aromatic nitrogens is 1. The number of pyridine rings is 1. The number of rotatable bonds is 5. The summed E-state index contributed by atoms with van der Waals surface area (Å²) in [5, 5.41) is 20.8. The van der Waals surface area contributed by atoms with Gasteiger partial charge in [-0.25, -0.2) is 4.98 Å². The van der Waals surface area contributed by atoms with Crippen molar-refractivity contribution in [3.05, 3.63) is 59.9 Å². The second-order valence-corrected chi connectivity index (χ2v) is 5.16. The van der Waals surface area contributed by atoms with Gasteiger partial charge in [0, 0.05) is 20.6 Å². The maximum atomic E-state index is 12.4. The molecule has 1 heterocycles. The highest BCUT2D eigenvalue weighted by Gasteiger charge is 2.18. The molecule has 0 fully saturated rings. The van der Waals surface area contributed by atoms with Crippen LogP contribution >= 0.6 is 0 Å². The van der Waals surface area contributed by atoms with E-state index in [4.69, 9.17) is 16.7 Å². The summed E-state index contributed by atoms with van der Waals surface area (Å²) in [6.45, 7) is -5.97. The Morgan fingerprint density at radius 2 is 1.96 bits per heavy atom. The van der Waals surface area contributed by atoms with Gasteiger partial charge in [-0.1, -0.05) is 18.2 Å². The van der Waals surface area contributed by atoms with Crippen molar-refractivity contribution in [1.82, 2.24) is 10.3 Å². The van der Waals surface area contributed by atoms with Gasteiger partial charge < -0.3 is 20.3 Å². The molecule has 0 bridgehead atoms. The van der Waals surface area contributed by atoms with E-state index in [2.05, 4.69) is 4.98 Å². The minimum absolute atomic E-state index is 0.0104. The van der Waals surface area contributed by atoms with E-state index in [9.17, 15) is 14.7 Å². The second kappa shape index (κ2) is 7.10. The summed E-state index contributed by atoms with van der Waals surface area (Å²) in [7, 11) is 0. The van der Waals surface area contributed by atoms with Crippen molar-refractivity contribution < 1.29 is 31.4 Å². The number of aromatic hydroxyl groups is 1. The van der Waals surface area contributed by atoms with Crippen LogP contribution in [0.3, 0.4) is 0 Å². The molecule has 1 aromatic heterocycles. The molecule has 0 aliphatic heterocycles. The van der Waals surface area contributed by atoms with Gasteiger partial charge in [0.05, 0.1) is 2.74 Å². The Kier molecular flexibility index (Phi) is 3.24. The van der Waals surface area contributed by atoms with E-state index >= 15 is 0 Å². The van der Waals surface area contributed by atoms with Crippen LogP contribution in [-0.4, -0.2) is 33.6 Å². The van der Waals surface area contributed by atoms with Crippen molar-refractivity contribution in [3.8, 4) is 17.2 Å². The fraction of sp³-hybridized carbons (Fsp3) is 0.105. The molecular weight excluding hydrogens is 336 g/mol. The van der Waals surface area contributed by atoms with Crippen LogP contribution in [0.1, 0.15) is 23.0 Å². The Morgan fingerprint density at radius 1 is 1.19 bits per heavy atom. The Balaban J connectivity index is 2.13. The van der Waals surface area contributed by atoms with E-state index in [1.807, 2.05) is 0 Å². The van der Waals surface area contributed by atoms with Crippen molar-refractivity contribution in [2.45, 2.75) is 6.85 Å². The molecule has 3 aromatic rings. The van der Waals surface area contributed by atoms with E-state index in [1.54, 1.807) is 35.6 Å². The smallest absolute Gasteiger partial charge is 0.322 e. The molecule has 132 valence electrons. The topological polar surface area (TPSA) is 109 Å². The van der Waals surface area contributed by atoms with Crippen LogP contribution in [0.4, 0.5) is 0 Å². The summed E-state index contributed by atoms with van der Waals surface area (Å²) >= 11 is 0. The Morgan fingerprint density at radius 3 is 2.65 bits per heavy atom. The lowest BCUT2D eigenvalue weighted by Crippen LogP contribution is -2.30. The number of fused-ring (bicyclic) bond motifs is 1. The zero-order valence-electron chi connectivity index (χ0n) is 18.2. The average molecular weight is 357 g/mol. The quantitative estimate of drug-likeness (QED) is 0.648. The maximum absolute atomic E-state index is 12.4. The summed E-state index contributed by atoms with van der Waals surface area (Å²) < 4.78 is 43.5. The molecule has 0 radical (unpaired) electrons. The normalized spacial score (nSPS) is 14.4. The van der Waals surface area contributed by atoms with Crippen LogP contribution in [0.2, 0.25) is 0 Å². The van der Waals surface area contributed by atoms with Crippen molar-refractivity contribution in [1.29, 1.82) is 0 Å². The number of aryl methyl sites for hydroxylation is 1. The first-order valence-electron chi connectivity index (χ1n) is 9.86. The highest BCUT2D eigenvalue weighted by molar-refractivity contribution is 6.03. The molecule has 0 saturated heterocycles. The van der Waals surface area contributed by atoms with E-state index in [-0.39, 0.29) is 16.5 Å². The lowest BCUT2D eigenvalue weighted by Gasteiger charge is -2.12. The first-order chi connectivity index (χ1) is 14.4. The number of amides is 1. The summed E-state index contributed by atoms with van der Waals surface area (Å²) in [6, 6.07) is 12.8. The van der Waals surface area contributed by atoms with Gasteiger partial charge in [-0.2, -0.15) is 0 Å². The molecule has 3 rings (SSSR count). The number of aliphatic carboxylic acids is 1. The fourth-order valence-corrected chi connectivity index (χ4v) is 2.29. The van der Waals surface area contributed by atoms with Gasteiger partial charge in [0.1, 0.15) is 18.0 Å². The number of hydrogen-bond acceptors (Lipinski definition) is 5. The predicted molar refractivity (Wildman–Crippen MR) is 94.6 cm³/mol. The number of carboxylic acids is 1. The summed E-state index contributed by atoms with van der Waals surface area (Å²) in [5.74, 6) is -3.35. The van der Waals surface area contributed by atoms with Crippen LogP contribution < -0.4 is 10.1 Å². The van der Waals surface area contributed by atoms with Gasteiger partial charge >= 0.3 is 5.97 Å². The molecule has 3 N–H and O–H groups in total. The van der Waals surface area contributed by atoms with Gasteiger partial charge in [0.25, 0.3) is 5.91 Å². The highest BCUT2D eigenvalue weighted by Crippen LogP contribution is 2.33. The molecule has 0 aliphatic carbocycles. The van der Waals surface area contributed by atoms with Crippen molar-refractivity contribution >= 4 is 22.6 Å². The minimum atomic E-state index is -3.16. The number of ether oxygens (including phenoxy) is 1. The molecule has 7 heteroatoms. The van der Waals surface area contributed by atoms with Gasteiger partial charge in [-0.3, -0.25) is 9.59 Å². The third-order valence-electron chi connectivity index (χ3n) is 3.43. The fourth-order valence-electron chi connectivity index (χ4n) is 2.29. The third kappa shape index (κ3) is 3.56. The number of carbonyl (C=O) groups excluding carboxylic acids is 1. The average Bonchev–Trinajstić information content (AvgIpc) is 2.67. The third-order valence-corrected chi connectivity index (χ3v) is 3.43. The molecular formula is C19H16N2O5. The van der Waals surface area contributed by atoms with Gasteiger partial charge in [0.2, 0.25) is 0 Å². The molecule has 26 heavy (non-hydrogen) atoms. The Bertz CT molecular complexity index is 1170. The Labute approximate surface area is 155 Å². The lowest BCUT2D eigenvalue weighted by atomic mass is 10.1. The number of nitrogens with one attached hydrogen (secondary N) is 1. The molecule has 0 saturated carbocycles. The molecule has 0 atom stereocenters.